The van der Waals surface area contributed by atoms with Gasteiger partial charge in [0.1, 0.15) is 11.2 Å². The van der Waals surface area contributed by atoms with Gasteiger partial charge in [-0.3, -0.25) is 0 Å². The van der Waals surface area contributed by atoms with Gasteiger partial charge in [0.15, 0.2) is 17.5 Å². The van der Waals surface area contributed by atoms with E-state index in [1.165, 1.54) is 36.9 Å². The molecule has 3 aromatic heterocycles. The summed E-state index contributed by atoms with van der Waals surface area (Å²) in [7, 11) is 0. The minimum Gasteiger partial charge on any atom is -0.455 e. The van der Waals surface area contributed by atoms with E-state index in [9.17, 15) is 0 Å². The van der Waals surface area contributed by atoms with E-state index >= 15 is 0 Å². The van der Waals surface area contributed by atoms with E-state index in [0.717, 1.165) is 55.3 Å². The van der Waals surface area contributed by atoms with Crippen molar-refractivity contribution < 1.29 is 4.42 Å². The third-order valence-electron chi connectivity index (χ3n) is 10.5. The third-order valence-corrected chi connectivity index (χ3v) is 11.7. The molecule has 5 heteroatoms. The molecule has 0 aliphatic rings. The lowest BCUT2D eigenvalue weighted by Crippen LogP contribution is -2.00. The minimum absolute atomic E-state index is 0.615. The van der Waals surface area contributed by atoms with Crippen molar-refractivity contribution in [3.8, 4) is 67.5 Å². The standard InChI is InChI=1S/C51H31N3OS/c1-4-15-32(16-5-1)42-30-37(31-43-40-23-10-11-28-45(40)56-48(42)43)38-24-14-27-44-46(38)41-26-13-25-39(47(41)55-44)35-21-12-22-36(29-35)51-53-49(33-17-6-2-7-18-33)52-50(54-51)34-19-8-3-9-20-34/h1-31H. The van der Waals surface area contributed by atoms with Crippen LogP contribution in [-0.2, 0) is 0 Å². The van der Waals surface area contributed by atoms with Gasteiger partial charge in [-0.1, -0.05) is 158 Å². The Labute approximate surface area is 327 Å². The molecule has 0 bridgehead atoms. The maximum Gasteiger partial charge on any atom is 0.164 e. The molecule has 0 N–H and O–H groups in total. The van der Waals surface area contributed by atoms with E-state index < -0.39 is 0 Å². The summed E-state index contributed by atoms with van der Waals surface area (Å²) in [5.41, 5.74) is 11.3. The summed E-state index contributed by atoms with van der Waals surface area (Å²) in [4.78, 5) is 14.9. The van der Waals surface area contributed by atoms with Crippen LogP contribution < -0.4 is 0 Å². The molecule has 0 radical (unpaired) electrons. The van der Waals surface area contributed by atoms with Crippen molar-refractivity contribution in [1.82, 2.24) is 15.0 Å². The van der Waals surface area contributed by atoms with Gasteiger partial charge in [-0.2, -0.15) is 0 Å². The van der Waals surface area contributed by atoms with Crippen LogP contribution in [0, 0.1) is 0 Å². The lowest BCUT2D eigenvalue weighted by Gasteiger charge is -2.10. The first-order chi connectivity index (χ1) is 27.7. The molecule has 0 saturated heterocycles. The fourth-order valence-corrected chi connectivity index (χ4v) is 9.11. The van der Waals surface area contributed by atoms with Crippen molar-refractivity contribution in [2.24, 2.45) is 0 Å². The van der Waals surface area contributed by atoms with Gasteiger partial charge >= 0.3 is 0 Å². The number of nitrogens with zero attached hydrogens (tertiary/aromatic N) is 3. The maximum absolute atomic E-state index is 6.82. The second kappa shape index (κ2) is 13.3. The Morgan fingerprint density at radius 2 is 0.911 bits per heavy atom. The number of hydrogen-bond donors (Lipinski definition) is 0. The van der Waals surface area contributed by atoms with Crippen LogP contribution in [0.15, 0.2) is 192 Å². The van der Waals surface area contributed by atoms with Gasteiger partial charge in [0, 0.05) is 58.8 Å². The summed E-state index contributed by atoms with van der Waals surface area (Å²) in [6.07, 6.45) is 0. The summed E-state index contributed by atoms with van der Waals surface area (Å²) < 4.78 is 9.41. The smallest absolute Gasteiger partial charge is 0.164 e. The highest BCUT2D eigenvalue weighted by Crippen LogP contribution is 2.46. The molecular formula is C51H31N3OS. The SMILES string of the molecule is c1ccc(-c2nc(-c3ccccc3)nc(-c3cccc(-c4cccc5c4oc4cccc(-c6cc(-c7ccccc7)c7sc8ccccc8c7c6)c45)c3)n2)cc1. The first-order valence-corrected chi connectivity index (χ1v) is 19.5. The molecule has 0 aliphatic carbocycles. The zero-order valence-electron chi connectivity index (χ0n) is 30.1. The monoisotopic (exact) mass is 733 g/mol. The highest BCUT2D eigenvalue weighted by Gasteiger charge is 2.20. The molecule has 262 valence electrons. The van der Waals surface area contributed by atoms with Gasteiger partial charge in [-0.25, -0.2) is 15.0 Å². The zero-order chi connectivity index (χ0) is 37.0. The zero-order valence-corrected chi connectivity index (χ0v) is 30.9. The minimum atomic E-state index is 0.615. The molecule has 4 nitrogen and oxygen atoms in total. The molecule has 0 aliphatic heterocycles. The van der Waals surface area contributed by atoms with Crippen molar-refractivity contribution in [3.05, 3.63) is 188 Å². The van der Waals surface area contributed by atoms with Crippen molar-refractivity contribution >= 4 is 53.4 Å². The normalized spacial score (nSPS) is 11.6. The Kier molecular flexibility index (Phi) is 7.64. The summed E-state index contributed by atoms with van der Waals surface area (Å²) in [5, 5.41) is 4.74. The fourth-order valence-electron chi connectivity index (χ4n) is 7.89. The predicted molar refractivity (Wildman–Crippen MR) is 233 cm³/mol. The molecule has 0 unspecified atom stereocenters. The van der Waals surface area contributed by atoms with Gasteiger partial charge in [0.05, 0.1) is 0 Å². The number of furan rings is 1. The van der Waals surface area contributed by atoms with Crippen LogP contribution in [0.2, 0.25) is 0 Å². The second-order valence-corrected chi connectivity index (χ2v) is 15.0. The highest BCUT2D eigenvalue weighted by molar-refractivity contribution is 7.26. The van der Waals surface area contributed by atoms with Crippen LogP contribution in [0.25, 0.3) is 110 Å². The number of rotatable bonds is 6. The Balaban J connectivity index is 1.07. The van der Waals surface area contributed by atoms with Crippen LogP contribution in [0.4, 0.5) is 0 Å². The lowest BCUT2D eigenvalue weighted by molar-refractivity contribution is 0.670. The predicted octanol–water partition coefficient (Wildman–Crippen LogP) is 14.1. The largest absolute Gasteiger partial charge is 0.455 e. The number of hydrogen-bond acceptors (Lipinski definition) is 5. The Hall–Kier alpha value is -7.21. The first-order valence-electron chi connectivity index (χ1n) is 18.7. The topological polar surface area (TPSA) is 51.8 Å². The van der Waals surface area contributed by atoms with Gasteiger partial charge in [-0.15, -0.1) is 11.3 Å². The molecule has 0 saturated carbocycles. The van der Waals surface area contributed by atoms with E-state index in [1.807, 2.05) is 72.0 Å². The van der Waals surface area contributed by atoms with Crippen LogP contribution in [-0.4, -0.2) is 15.0 Å². The quantitative estimate of drug-likeness (QED) is 0.171. The molecule has 8 aromatic carbocycles. The van der Waals surface area contributed by atoms with Crippen LogP contribution in [0.5, 0.6) is 0 Å². The molecule has 0 fully saturated rings. The number of fused-ring (bicyclic) bond motifs is 6. The summed E-state index contributed by atoms with van der Waals surface area (Å²) in [5.74, 6) is 1.89. The molecule has 56 heavy (non-hydrogen) atoms. The van der Waals surface area contributed by atoms with Gasteiger partial charge in [-0.05, 0) is 52.6 Å². The molecule has 3 heterocycles. The Morgan fingerprint density at radius 1 is 0.357 bits per heavy atom. The van der Waals surface area contributed by atoms with Crippen molar-refractivity contribution in [2.45, 2.75) is 0 Å². The number of aromatic nitrogens is 3. The van der Waals surface area contributed by atoms with Crippen LogP contribution >= 0.6 is 11.3 Å². The van der Waals surface area contributed by atoms with Gasteiger partial charge < -0.3 is 4.42 Å². The van der Waals surface area contributed by atoms with Crippen molar-refractivity contribution in [2.75, 3.05) is 0 Å². The number of para-hydroxylation sites is 1. The molecule has 11 rings (SSSR count). The Bertz CT molecular complexity index is 3180. The number of benzene rings is 8. The Morgan fingerprint density at radius 3 is 1.64 bits per heavy atom. The molecule has 0 spiro atoms. The van der Waals surface area contributed by atoms with E-state index in [2.05, 4.69) is 127 Å². The average molecular weight is 734 g/mol. The molecular weight excluding hydrogens is 703 g/mol. The second-order valence-electron chi connectivity index (χ2n) is 13.9. The van der Waals surface area contributed by atoms with Crippen LogP contribution in [0.3, 0.4) is 0 Å². The van der Waals surface area contributed by atoms with E-state index in [0.29, 0.717) is 17.5 Å². The molecule has 0 amide bonds. The van der Waals surface area contributed by atoms with Gasteiger partial charge in [0.25, 0.3) is 0 Å². The van der Waals surface area contributed by atoms with Crippen LogP contribution in [0.1, 0.15) is 0 Å². The molecule has 11 aromatic rings. The average Bonchev–Trinajstić information content (AvgIpc) is 3.86. The first kappa shape index (κ1) is 32.2. The van der Waals surface area contributed by atoms with E-state index in [-0.39, 0.29) is 0 Å². The lowest BCUT2D eigenvalue weighted by atomic mass is 9.93. The maximum atomic E-state index is 6.82. The summed E-state index contributed by atoms with van der Waals surface area (Å²) >= 11 is 1.86. The molecule has 0 atom stereocenters. The summed E-state index contributed by atoms with van der Waals surface area (Å²) in [6, 6.07) is 65.6. The number of thiophene rings is 1. The van der Waals surface area contributed by atoms with E-state index in [4.69, 9.17) is 19.4 Å². The highest BCUT2D eigenvalue weighted by atomic mass is 32.1. The van der Waals surface area contributed by atoms with E-state index in [1.54, 1.807) is 0 Å². The van der Waals surface area contributed by atoms with Crippen molar-refractivity contribution in [1.29, 1.82) is 0 Å². The van der Waals surface area contributed by atoms with Gasteiger partial charge in [0.2, 0.25) is 0 Å². The van der Waals surface area contributed by atoms with Crippen molar-refractivity contribution in [3.63, 3.8) is 0 Å². The fraction of sp³-hybridized carbons (Fsp3) is 0. The summed E-state index contributed by atoms with van der Waals surface area (Å²) in [6.45, 7) is 0. The third kappa shape index (κ3) is 5.48.